The Morgan fingerprint density at radius 1 is 1.11 bits per heavy atom. The summed E-state index contributed by atoms with van der Waals surface area (Å²) in [7, 11) is -2.31. The first-order chi connectivity index (χ1) is 13.3. The molecule has 28 heavy (non-hydrogen) atoms. The maximum atomic E-state index is 12.8. The number of amides is 2. The van der Waals surface area contributed by atoms with Crippen LogP contribution in [0, 0.1) is 6.92 Å². The number of phenolic OH excluding ortho intramolecular Hbond substituents is 1. The molecule has 150 valence electrons. The second-order valence-electron chi connectivity index (χ2n) is 6.49. The fourth-order valence-electron chi connectivity index (χ4n) is 3.04. The number of aromatic hydroxyl groups is 1. The third kappa shape index (κ3) is 4.05. The number of aryl methyl sites for hydroxylation is 1. The molecular formula is C19H23N3O5S. The van der Waals surface area contributed by atoms with Crippen molar-refractivity contribution < 1.29 is 23.1 Å². The van der Waals surface area contributed by atoms with Gasteiger partial charge in [-0.1, -0.05) is 18.2 Å². The molecule has 1 heterocycles. The number of hydrogen-bond donors (Lipinski definition) is 2. The molecule has 9 heteroatoms. The zero-order chi connectivity index (χ0) is 20.3. The highest BCUT2D eigenvalue weighted by atomic mass is 32.2. The fraction of sp³-hybridized carbons (Fsp3) is 0.316. The van der Waals surface area contributed by atoms with E-state index in [-0.39, 0.29) is 42.9 Å². The molecule has 0 bridgehead atoms. The minimum absolute atomic E-state index is 0.112. The van der Waals surface area contributed by atoms with Gasteiger partial charge >= 0.3 is 6.03 Å². The number of nitrogens with one attached hydrogen (secondary N) is 1. The normalized spacial score (nSPS) is 15.3. The SMILES string of the molecule is COc1ccccc1NC(=O)N1CCN(S(=O)(=O)c2cc(C)ccc2O)CC1. The number of phenols is 1. The lowest BCUT2D eigenvalue weighted by Crippen LogP contribution is -2.51. The molecule has 1 aliphatic rings. The van der Waals surface area contributed by atoms with E-state index in [4.69, 9.17) is 4.74 Å². The van der Waals surface area contributed by atoms with E-state index >= 15 is 0 Å². The van der Waals surface area contributed by atoms with Crippen molar-refractivity contribution >= 4 is 21.7 Å². The van der Waals surface area contributed by atoms with Gasteiger partial charge < -0.3 is 20.1 Å². The standard InChI is InChI=1S/C19H23N3O5S/c1-14-7-8-16(23)18(13-14)28(25,26)22-11-9-21(10-12-22)19(24)20-15-5-3-4-6-17(15)27-2/h3-8,13,23H,9-12H2,1-2H3,(H,20,24). The first-order valence-electron chi connectivity index (χ1n) is 8.81. The van der Waals surface area contributed by atoms with Crippen LogP contribution in [-0.4, -0.2) is 62.0 Å². The molecule has 0 unspecified atom stereocenters. The van der Waals surface area contributed by atoms with Crippen LogP contribution < -0.4 is 10.1 Å². The van der Waals surface area contributed by atoms with Crippen LogP contribution in [0.1, 0.15) is 5.56 Å². The smallest absolute Gasteiger partial charge is 0.322 e. The highest BCUT2D eigenvalue weighted by Gasteiger charge is 2.32. The maximum absolute atomic E-state index is 12.8. The molecule has 1 fully saturated rings. The molecule has 0 radical (unpaired) electrons. The molecule has 0 spiro atoms. The topological polar surface area (TPSA) is 99.2 Å². The number of benzene rings is 2. The molecule has 3 rings (SSSR count). The van der Waals surface area contributed by atoms with Crippen molar-refractivity contribution in [3.05, 3.63) is 48.0 Å². The van der Waals surface area contributed by atoms with Crippen LogP contribution in [0.5, 0.6) is 11.5 Å². The van der Waals surface area contributed by atoms with Crippen molar-refractivity contribution in [3.8, 4) is 11.5 Å². The molecule has 2 N–H and O–H groups in total. The first kappa shape index (κ1) is 20.0. The molecule has 1 saturated heterocycles. The van der Waals surface area contributed by atoms with Crippen LogP contribution in [0.25, 0.3) is 0 Å². The predicted molar refractivity (Wildman–Crippen MR) is 105 cm³/mol. The molecule has 0 saturated carbocycles. The number of sulfonamides is 1. The second-order valence-corrected chi connectivity index (χ2v) is 8.40. The van der Waals surface area contributed by atoms with Crippen molar-refractivity contribution in [1.29, 1.82) is 0 Å². The number of ether oxygens (including phenoxy) is 1. The van der Waals surface area contributed by atoms with Gasteiger partial charge in [-0.15, -0.1) is 0 Å². The summed E-state index contributed by atoms with van der Waals surface area (Å²) in [5.74, 6) is 0.272. The number of anilines is 1. The van der Waals surface area contributed by atoms with Gasteiger partial charge in [-0.05, 0) is 36.8 Å². The lowest BCUT2D eigenvalue weighted by atomic mass is 10.2. The van der Waals surface area contributed by atoms with Crippen molar-refractivity contribution in [2.75, 3.05) is 38.6 Å². The van der Waals surface area contributed by atoms with Gasteiger partial charge in [-0.25, -0.2) is 13.2 Å². The Morgan fingerprint density at radius 3 is 2.46 bits per heavy atom. The van der Waals surface area contributed by atoms with Gasteiger partial charge in [0.15, 0.2) is 0 Å². The van der Waals surface area contributed by atoms with Crippen LogP contribution >= 0.6 is 0 Å². The van der Waals surface area contributed by atoms with Gasteiger partial charge in [0.2, 0.25) is 10.0 Å². The first-order valence-corrected chi connectivity index (χ1v) is 10.3. The van der Waals surface area contributed by atoms with Gasteiger partial charge in [0.05, 0.1) is 12.8 Å². The van der Waals surface area contributed by atoms with Crippen LogP contribution in [0.15, 0.2) is 47.4 Å². The fourth-order valence-corrected chi connectivity index (χ4v) is 4.63. The summed E-state index contributed by atoms with van der Waals surface area (Å²) in [5.41, 5.74) is 1.29. The minimum Gasteiger partial charge on any atom is -0.507 e. The van der Waals surface area contributed by atoms with Gasteiger partial charge in [0, 0.05) is 26.2 Å². The Kier molecular flexibility index (Phi) is 5.76. The Balaban J connectivity index is 1.67. The highest BCUT2D eigenvalue weighted by molar-refractivity contribution is 7.89. The molecule has 1 aliphatic heterocycles. The van der Waals surface area contributed by atoms with E-state index in [2.05, 4.69) is 5.32 Å². The van der Waals surface area contributed by atoms with Crippen LogP contribution in [0.3, 0.4) is 0 Å². The van der Waals surface area contributed by atoms with Gasteiger partial charge in [-0.2, -0.15) is 4.31 Å². The monoisotopic (exact) mass is 405 g/mol. The third-order valence-electron chi connectivity index (χ3n) is 4.61. The summed E-state index contributed by atoms with van der Waals surface area (Å²) in [6, 6.07) is 11.2. The summed E-state index contributed by atoms with van der Waals surface area (Å²) in [4.78, 5) is 14.0. The van der Waals surface area contributed by atoms with Crippen LogP contribution in [0.4, 0.5) is 10.5 Å². The highest BCUT2D eigenvalue weighted by Crippen LogP contribution is 2.28. The van der Waals surface area contributed by atoms with Gasteiger partial charge in [-0.3, -0.25) is 0 Å². The summed E-state index contributed by atoms with van der Waals surface area (Å²) in [6.45, 7) is 2.54. The number of carbonyl (C=O) groups is 1. The summed E-state index contributed by atoms with van der Waals surface area (Å²) in [6.07, 6.45) is 0. The summed E-state index contributed by atoms with van der Waals surface area (Å²) in [5, 5.41) is 12.7. The average molecular weight is 405 g/mol. The Morgan fingerprint density at radius 2 is 1.79 bits per heavy atom. The largest absolute Gasteiger partial charge is 0.507 e. The van der Waals surface area contributed by atoms with E-state index in [9.17, 15) is 18.3 Å². The van der Waals surface area contributed by atoms with Crippen molar-refractivity contribution in [3.63, 3.8) is 0 Å². The molecular weight excluding hydrogens is 382 g/mol. The third-order valence-corrected chi connectivity index (χ3v) is 6.54. The second kappa shape index (κ2) is 8.07. The molecule has 0 atom stereocenters. The predicted octanol–water partition coefficient (Wildman–Crippen LogP) is 2.25. The molecule has 0 aliphatic carbocycles. The zero-order valence-corrected chi connectivity index (χ0v) is 16.6. The molecule has 8 nitrogen and oxygen atoms in total. The van der Waals surface area contributed by atoms with E-state index in [0.717, 1.165) is 5.56 Å². The van der Waals surface area contributed by atoms with Crippen molar-refractivity contribution in [2.24, 2.45) is 0 Å². The van der Waals surface area contributed by atoms with E-state index in [1.165, 1.54) is 23.5 Å². The number of nitrogens with zero attached hydrogens (tertiary/aromatic N) is 2. The number of carbonyl (C=O) groups excluding carboxylic acids is 1. The molecule has 2 amide bonds. The zero-order valence-electron chi connectivity index (χ0n) is 15.8. The number of para-hydroxylation sites is 2. The lowest BCUT2D eigenvalue weighted by Gasteiger charge is -2.34. The lowest BCUT2D eigenvalue weighted by molar-refractivity contribution is 0.184. The number of hydrogen-bond acceptors (Lipinski definition) is 5. The van der Waals surface area contributed by atoms with Crippen LogP contribution in [0.2, 0.25) is 0 Å². The molecule has 0 aromatic heterocycles. The number of rotatable bonds is 4. The van der Waals surface area contributed by atoms with E-state index in [1.54, 1.807) is 42.2 Å². The number of urea groups is 1. The van der Waals surface area contributed by atoms with E-state index in [0.29, 0.717) is 11.4 Å². The van der Waals surface area contributed by atoms with E-state index in [1.807, 2.05) is 0 Å². The van der Waals surface area contributed by atoms with Crippen molar-refractivity contribution in [1.82, 2.24) is 9.21 Å². The maximum Gasteiger partial charge on any atom is 0.322 e. The van der Waals surface area contributed by atoms with E-state index < -0.39 is 10.0 Å². The van der Waals surface area contributed by atoms with Gasteiger partial charge in [0.25, 0.3) is 0 Å². The number of piperazine rings is 1. The summed E-state index contributed by atoms with van der Waals surface area (Å²) >= 11 is 0. The molecule has 2 aromatic rings. The Labute approximate surface area is 164 Å². The molecule has 2 aromatic carbocycles. The van der Waals surface area contributed by atoms with Gasteiger partial charge in [0.1, 0.15) is 16.4 Å². The van der Waals surface area contributed by atoms with Crippen molar-refractivity contribution in [2.45, 2.75) is 11.8 Å². The summed E-state index contributed by atoms with van der Waals surface area (Å²) < 4.78 is 32.2. The Bertz CT molecular complexity index is 969. The quantitative estimate of drug-likeness (QED) is 0.813. The Hall–Kier alpha value is -2.78. The van der Waals surface area contributed by atoms with Crippen LogP contribution in [-0.2, 0) is 10.0 Å². The minimum atomic E-state index is -3.83. The number of methoxy groups -OCH3 is 1. The average Bonchev–Trinajstić information content (AvgIpc) is 2.70.